The number of carbonyl (C=O) groups is 3. The van der Waals surface area contributed by atoms with Crippen LogP contribution in [0.1, 0.15) is 57.8 Å². The molecule has 9 heteroatoms. The van der Waals surface area contributed by atoms with Crippen LogP contribution in [0.25, 0.3) is 0 Å². The lowest BCUT2D eigenvalue weighted by Gasteiger charge is -2.41. The quantitative estimate of drug-likeness (QED) is 0.169. The molecule has 4 fully saturated rings. The summed E-state index contributed by atoms with van der Waals surface area (Å²) in [5.74, 6) is -2.32. The molecule has 3 saturated heterocycles. The van der Waals surface area contributed by atoms with Crippen LogP contribution in [0, 0.1) is 11.8 Å². The third-order valence-corrected chi connectivity index (χ3v) is 9.14. The van der Waals surface area contributed by atoms with Gasteiger partial charge in [0.1, 0.15) is 11.6 Å². The lowest BCUT2D eigenvalue weighted by molar-refractivity contribution is -0.155. The minimum absolute atomic E-state index is 0.0141. The fraction of sp³-hybridized carbons (Fsp3) is 0.741. The van der Waals surface area contributed by atoms with E-state index in [0.717, 1.165) is 25.7 Å². The smallest absolute Gasteiger partial charge is 0.312 e. The number of unbranched alkanes of at least 4 members (excludes halogenated alkanes) is 1. The highest BCUT2D eigenvalue weighted by Crippen LogP contribution is 2.60. The number of alkyl halides is 1. The molecular formula is C27H39BrN2O6. The van der Waals surface area contributed by atoms with E-state index >= 15 is 0 Å². The van der Waals surface area contributed by atoms with E-state index in [1.807, 2.05) is 4.90 Å². The Hall–Kier alpha value is -1.71. The highest BCUT2D eigenvalue weighted by atomic mass is 79.9. The summed E-state index contributed by atoms with van der Waals surface area (Å²) in [6.45, 7) is 8.50. The molecule has 1 N–H and O–H groups in total. The maximum Gasteiger partial charge on any atom is 0.312 e. The number of halogens is 1. The van der Waals surface area contributed by atoms with Crippen LogP contribution in [0.2, 0.25) is 0 Å². The fourth-order valence-electron chi connectivity index (χ4n) is 6.76. The van der Waals surface area contributed by atoms with E-state index in [9.17, 15) is 19.5 Å². The molecule has 6 atom stereocenters. The van der Waals surface area contributed by atoms with Crippen molar-refractivity contribution in [2.24, 2.45) is 11.8 Å². The SMILES string of the molecule is C=CCCOC(=O)[C@H]1[C@@H]2OC3(CC2Br)C(C(=O)N(CC=C)C2CCCCC2)N(CCCCO)C(=O)[C@H]13. The van der Waals surface area contributed by atoms with Gasteiger partial charge in [0.15, 0.2) is 0 Å². The van der Waals surface area contributed by atoms with Crippen molar-refractivity contribution in [1.82, 2.24) is 9.80 Å². The van der Waals surface area contributed by atoms with Crippen LogP contribution >= 0.6 is 15.9 Å². The molecule has 0 aromatic rings. The van der Waals surface area contributed by atoms with Gasteiger partial charge in [-0.05, 0) is 38.5 Å². The Labute approximate surface area is 222 Å². The third-order valence-electron chi connectivity index (χ3n) is 8.29. The maximum absolute atomic E-state index is 14.4. The van der Waals surface area contributed by atoms with Crippen LogP contribution in [0.5, 0.6) is 0 Å². The molecule has 2 amide bonds. The molecule has 1 aliphatic carbocycles. The molecule has 4 rings (SSSR count). The van der Waals surface area contributed by atoms with Gasteiger partial charge in [-0.25, -0.2) is 0 Å². The second-order valence-electron chi connectivity index (χ2n) is 10.4. The Kier molecular flexibility index (Phi) is 8.94. The Morgan fingerprint density at radius 3 is 2.64 bits per heavy atom. The molecule has 0 radical (unpaired) electrons. The maximum atomic E-state index is 14.4. The van der Waals surface area contributed by atoms with Crippen molar-refractivity contribution < 1.29 is 29.0 Å². The molecular weight excluding hydrogens is 528 g/mol. The molecule has 8 nitrogen and oxygen atoms in total. The molecule has 1 saturated carbocycles. The minimum Gasteiger partial charge on any atom is -0.465 e. The fourth-order valence-corrected chi connectivity index (χ4v) is 7.70. The first-order valence-corrected chi connectivity index (χ1v) is 14.2. The van der Waals surface area contributed by atoms with Crippen molar-refractivity contribution in [3.63, 3.8) is 0 Å². The van der Waals surface area contributed by atoms with Gasteiger partial charge in [0, 0.05) is 30.6 Å². The van der Waals surface area contributed by atoms with E-state index < -0.39 is 35.6 Å². The summed E-state index contributed by atoms with van der Waals surface area (Å²) in [4.78, 5) is 44.9. The first kappa shape index (κ1) is 27.3. The molecule has 3 unspecified atom stereocenters. The van der Waals surface area contributed by atoms with Gasteiger partial charge in [0.2, 0.25) is 11.8 Å². The zero-order valence-electron chi connectivity index (χ0n) is 21.0. The lowest BCUT2D eigenvalue weighted by atomic mass is 9.70. The number of ether oxygens (including phenoxy) is 2. The van der Waals surface area contributed by atoms with Gasteiger partial charge in [-0.3, -0.25) is 14.4 Å². The van der Waals surface area contributed by atoms with Crippen LogP contribution in [0.4, 0.5) is 0 Å². The first-order chi connectivity index (χ1) is 17.4. The van der Waals surface area contributed by atoms with Gasteiger partial charge in [-0.1, -0.05) is 47.3 Å². The van der Waals surface area contributed by atoms with Crippen LogP contribution in [-0.4, -0.2) is 87.6 Å². The second kappa shape index (κ2) is 11.8. The molecule has 3 aliphatic heterocycles. The molecule has 2 bridgehead atoms. The topological polar surface area (TPSA) is 96.4 Å². The van der Waals surface area contributed by atoms with Gasteiger partial charge >= 0.3 is 5.97 Å². The van der Waals surface area contributed by atoms with Crippen LogP contribution < -0.4 is 0 Å². The average Bonchev–Trinajstić information content (AvgIpc) is 3.46. The largest absolute Gasteiger partial charge is 0.465 e. The van der Waals surface area contributed by atoms with Crippen molar-refractivity contribution in [2.75, 3.05) is 26.3 Å². The number of rotatable bonds is 12. The number of likely N-dealkylation sites (tertiary alicyclic amines) is 1. The standard InChI is InChI=1S/C27H39BrN2O6/c1-3-5-16-35-26(34)20-21-24(32)30(14-9-10-15-31)23(27(21)17-19(28)22(20)36-27)25(33)29(13-4-2)18-11-7-6-8-12-18/h3-4,18-23,31H,1-2,5-17H2/t19?,20-,21+,22-,23?,27?/m1/s1. The van der Waals surface area contributed by atoms with Gasteiger partial charge in [0.25, 0.3) is 0 Å². The number of hydrogen-bond acceptors (Lipinski definition) is 6. The number of fused-ring (bicyclic) bond motifs is 1. The Morgan fingerprint density at radius 1 is 1.22 bits per heavy atom. The van der Waals surface area contributed by atoms with E-state index in [0.29, 0.717) is 38.8 Å². The number of carbonyl (C=O) groups excluding carboxylic acids is 3. The molecule has 1 spiro atoms. The van der Waals surface area contributed by atoms with Crippen LogP contribution in [0.15, 0.2) is 25.3 Å². The zero-order valence-corrected chi connectivity index (χ0v) is 22.6. The summed E-state index contributed by atoms with van der Waals surface area (Å²) in [5, 5.41) is 9.34. The monoisotopic (exact) mass is 566 g/mol. The first-order valence-electron chi connectivity index (χ1n) is 13.3. The lowest BCUT2D eigenvalue weighted by Crippen LogP contribution is -2.58. The Morgan fingerprint density at radius 2 is 1.97 bits per heavy atom. The number of amides is 2. The van der Waals surface area contributed by atoms with E-state index in [-0.39, 0.29) is 35.9 Å². The molecule has 0 aromatic carbocycles. The van der Waals surface area contributed by atoms with Crippen LogP contribution in [0.3, 0.4) is 0 Å². The molecule has 0 aromatic heterocycles. The number of esters is 1. The molecule has 200 valence electrons. The minimum atomic E-state index is -1.08. The number of aliphatic hydroxyl groups is 1. The Balaban J connectivity index is 1.69. The summed E-state index contributed by atoms with van der Waals surface area (Å²) in [6, 6.07) is -0.710. The molecule has 36 heavy (non-hydrogen) atoms. The molecule has 4 aliphatic rings. The van der Waals surface area contributed by atoms with Crippen molar-refractivity contribution in [3.05, 3.63) is 25.3 Å². The summed E-state index contributed by atoms with van der Waals surface area (Å²) < 4.78 is 12.0. The highest BCUT2D eigenvalue weighted by molar-refractivity contribution is 9.09. The third kappa shape index (κ3) is 4.78. The van der Waals surface area contributed by atoms with Crippen LogP contribution in [-0.2, 0) is 23.9 Å². The number of nitrogens with zero attached hydrogens (tertiary/aromatic N) is 2. The van der Waals surface area contributed by atoms with E-state index in [2.05, 4.69) is 29.1 Å². The summed E-state index contributed by atoms with van der Waals surface area (Å²) in [6.07, 6.45) is 10.2. The van der Waals surface area contributed by atoms with E-state index in [1.54, 1.807) is 17.1 Å². The summed E-state index contributed by atoms with van der Waals surface area (Å²) in [5.41, 5.74) is -1.08. The average molecular weight is 568 g/mol. The number of aliphatic hydroxyl groups excluding tert-OH is 1. The van der Waals surface area contributed by atoms with Gasteiger partial charge in [0.05, 0.1) is 24.5 Å². The van der Waals surface area contributed by atoms with E-state index in [1.165, 1.54) is 6.42 Å². The van der Waals surface area contributed by atoms with Gasteiger partial charge < -0.3 is 24.4 Å². The Bertz CT molecular complexity index is 861. The van der Waals surface area contributed by atoms with Crippen molar-refractivity contribution in [3.8, 4) is 0 Å². The van der Waals surface area contributed by atoms with Crippen molar-refractivity contribution in [2.45, 2.75) is 86.4 Å². The normalized spacial score (nSPS) is 33.4. The van der Waals surface area contributed by atoms with Gasteiger partial charge in [-0.15, -0.1) is 13.2 Å². The van der Waals surface area contributed by atoms with E-state index in [4.69, 9.17) is 9.47 Å². The van der Waals surface area contributed by atoms with Gasteiger partial charge in [-0.2, -0.15) is 0 Å². The second-order valence-corrected chi connectivity index (χ2v) is 11.6. The van der Waals surface area contributed by atoms with Crippen molar-refractivity contribution in [1.29, 1.82) is 0 Å². The number of hydrogen-bond donors (Lipinski definition) is 1. The molecule has 3 heterocycles. The van der Waals surface area contributed by atoms with Crippen molar-refractivity contribution >= 4 is 33.7 Å². The zero-order chi connectivity index (χ0) is 25.9. The summed E-state index contributed by atoms with van der Waals surface area (Å²) >= 11 is 3.69. The highest BCUT2D eigenvalue weighted by Gasteiger charge is 2.77. The summed E-state index contributed by atoms with van der Waals surface area (Å²) in [7, 11) is 0. The predicted molar refractivity (Wildman–Crippen MR) is 138 cm³/mol. The predicted octanol–water partition coefficient (Wildman–Crippen LogP) is 2.97.